The quantitative estimate of drug-likeness (QED) is 0.308. The molecule has 1 heterocycles. The number of rotatable bonds is 10. The highest BCUT2D eigenvalue weighted by atomic mass is 16.5. The SMILES string of the molecule is [B]C(O)(c1c[nH]c2cccc(OC(=O)CCCC(=O)O)c12)C([B])([B])N(C(C)C)C(C)C. The van der Waals surface area contributed by atoms with Crippen molar-refractivity contribution in [3.8, 4) is 5.75 Å². The summed E-state index contributed by atoms with van der Waals surface area (Å²) in [5, 5.41) is 18.6. The van der Waals surface area contributed by atoms with Crippen LogP contribution in [0.4, 0.5) is 0 Å². The maximum absolute atomic E-state index is 12.2. The number of carboxylic acid groups (broad SMARTS) is 1. The van der Waals surface area contributed by atoms with E-state index in [1.54, 1.807) is 23.1 Å². The van der Waals surface area contributed by atoms with Gasteiger partial charge >= 0.3 is 11.9 Å². The van der Waals surface area contributed by atoms with E-state index in [9.17, 15) is 14.7 Å². The summed E-state index contributed by atoms with van der Waals surface area (Å²) in [6.45, 7) is 7.57. The number of ether oxygens (including phenoxy) is 1. The number of nitrogens with zero attached hydrogens (tertiary/aromatic N) is 1. The lowest BCUT2D eigenvalue weighted by molar-refractivity contribution is -0.137. The van der Waals surface area contributed by atoms with Crippen molar-refractivity contribution in [1.82, 2.24) is 9.88 Å². The number of carbonyl (C=O) groups is 2. The van der Waals surface area contributed by atoms with Gasteiger partial charge in [0.1, 0.15) is 13.6 Å². The van der Waals surface area contributed by atoms with Gasteiger partial charge in [-0.05, 0) is 51.6 Å². The van der Waals surface area contributed by atoms with Crippen molar-refractivity contribution in [2.24, 2.45) is 0 Å². The van der Waals surface area contributed by atoms with Gasteiger partial charge < -0.3 is 24.8 Å². The molecule has 0 fully saturated rings. The van der Waals surface area contributed by atoms with Crippen LogP contribution in [0.5, 0.6) is 5.75 Å². The Balaban J connectivity index is 2.46. The molecule has 1 unspecified atom stereocenters. The van der Waals surface area contributed by atoms with Gasteiger partial charge in [0.25, 0.3) is 0 Å². The second kappa shape index (κ2) is 9.53. The first-order valence-electron chi connectivity index (χ1n) is 10.2. The number of aliphatic carboxylic acids is 1. The van der Waals surface area contributed by atoms with Gasteiger partial charge in [-0.1, -0.05) is 6.07 Å². The van der Waals surface area contributed by atoms with Crippen LogP contribution in [0.1, 0.15) is 52.5 Å². The number of carbonyl (C=O) groups excluding carboxylic acids is 1. The van der Waals surface area contributed by atoms with Gasteiger partial charge in [-0.3, -0.25) is 9.59 Å². The first kappa shape index (κ1) is 25.1. The minimum Gasteiger partial charge on any atom is -0.481 e. The van der Waals surface area contributed by atoms with Crippen LogP contribution in [0.3, 0.4) is 0 Å². The molecule has 7 nitrogen and oxygen atoms in total. The predicted octanol–water partition coefficient (Wildman–Crippen LogP) is 1.75. The summed E-state index contributed by atoms with van der Waals surface area (Å²) in [4.78, 5) is 27.6. The minimum absolute atomic E-state index is 0.0679. The van der Waals surface area contributed by atoms with Gasteiger partial charge in [0, 0.05) is 47.6 Å². The highest BCUT2D eigenvalue weighted by molar-refractivity contribution is 6.45. The van der Waals surface area contributed by atoms with Crippen molar-refractivity contribution in [2.45, 2.75) is 69.9 Å². The third-order valence-corrected chi connectivity index (χ3v) is 5.22. The molecule has 0 spiro atoms. The molecule has 31 heavy (non-hydrogen) atoms. The van der Waals surface area contributed by atoms with Crippen molar-refractivity contribution in [2.75, 3.05) is 0 Å². The Morgan fingerprint density at radius 1 is 1.13 bits per heavy atom. The summed E-state index contributed by atoms with van der Waals surface area (Å²) in [7, 11) is 19.2. The highest BCUT2D eigenvalue weighted by Crippen LogP contribution is 2.40. The van der Waals surface area contributed by atoms with Gasteiger partial charge in [-0.2, -0.15) is 0 Å². The van der Waals surface area contributed by atoms with E-state index in [0.717, 1.165) is 0 Å². The summed E-state index contributed by atoms with van der Waals surface area (Å²) in [5.41, 5.74) is -1.48. The molecule has 1 atom stereocenters. The third-order valence-electron chi connectivity index (χ3n) is 5.22. The second-order valence-corrected chi connectivity index (χ2v) is 8.29. The van der Waals surface area contributed by atoms with Gasteiger partial charge in [0.05, 0.1) is 21.2 Å². The van der Waals surface area contributed by atoms with Crippen LogP contribution in [0.15, 0.2) is 24.4 Å². The van der Waals surface area contributed by atoms with Gasteiger partial charge in [-0.25, -0.2) is 0 Å². The summed E-state index contributed by atoms with van der Waals surface area (Å²) in [5.74, 6) is -1.42. The molecule has 0 bridgehead atoms. The van der Waals surface area contributed by atoms with Gasteiger partial charge in [0.2, 0.25) is 0 Å². The monoisotopic (exact) mass is 420 g/mol. The van der Waals surface area contributed by atoms with Crippen LogP contribution in [0.25, 0.3) is 10.9 Å². The van der Waals surface area contributed by atoms with Crippen molar-refractivity contribution in [1.29, 1.82) is 0 Å². The maximum Gasteiger partial charge on any atom is 0.311 e. The number of carboxylic acids is 1. The zero-order chi connectivity index (χ0) is 23.6. The topological polar surface area (TPSA) is 103 Å². The molecule has 160 valence electrons. The lowest BCUT2D eigenvalue weighted by Gasteiger charge is -2.54. The third kappa shape index (κ3) is 5.18. The molecule has 1 aromatic heterocycles. The van der Waals surface area contributed by atoms with Crippen molar-refractivity contribution >= 4 is 46.4 Å². The number of hydrogen-bond acceptors (Lipinski definition) is 5. The van der Waals surface area contributed by atoms with E-state index in [-0.39, 0.29) is 42.7 Å². The lowest BCUT2D eigenvalue weighted by atomic mass is 9.43. The highest BCUT2D eigenvalue weighted by Gasteiger charge is 2.46. The Morgan fingerprint density at radius 3 is 2.29 bits per heavy atom. The van der Waals surface area contributed by atoms with Crippen LogP contribution in [-0.4, -0.2) is 73.0 Å². The number of H-pyrrole nitrogens is 1. The summed E-state index contributed by atoms with van der Waals surface area (Å²) < 4.78 is 5.46. The second-order valence-electron chi connectivity index (χ2n) is 8.29. The Labute approximate surface area is 186 Å². The molecule has 1 aromatic carbocycles. The maximum atomic E-state index is 12.2. The lowest BCUT2D eigenvalue weighted by Crippen LogP contribution is -2.67. The van der Waals surface area contributed by atoms with Crippen molar-refractivity contribution < 1.29 is 24.5 Å². The van der Waals surface area contributed by atoms with Crippen LogP contribution in [-0.2, 0) is 15.1 Å². The van der Waals surface area contributed by atoms with Crippen LogP contribution in [0, 0.1) is 0 Å². The van der Waals surface area contributed by atoms with E-state index in [1.807, 2.05) is 27.7 Å². The molecule has 2 aromatic rings. The standard InChI is InChI=1S/C21H27B3N2O5/c1-12(2)26(13(3)4)21(23,24)20(22,30)14-11-25-15-7-5-8-16(19(14)15)31-18(29)10-6-9-17(27)28/h5,7-8,11-13,25,30H,6,9-10H2,1-4H3,(H,27,28). The molecule has 10 heteroatoms. The van der Waals surface area contributed by atoms with E-state index in [2.05, 4.69) is 4.98 Å². The molecule has 3 N–H and O–H groups in total. The average Bonchev–Trinajstić information content (AvgIpc) is 3.06. The number of esters is 1. The van der Waals surface area contributed by atoms with E-state index in [1.165, 1.54) is 6.20 Å². The Bertz CT molecular complexity index is 932. The first-order valence-corrected chi connectivity index (χ1v) is 10.2. The van der Waals surface area contributed by atoms with Crippen LogP contribution < -0.4 is 4.74 Å². The first-order chi connectivity index (χ1) is 14.3. The zero-order valence-electron chi connectivity index (χ0n) is 18.4. The Kier molecular flexibility index (Phi) is 7.71. The number of benzene rings is 1. The molecule has 2 rings (SSSR count). The number of hydrogen-bond donors (Lipinski definition) is 3. The van der Waals surface area contributed by atoms with E-state index >= 15 is 0 Å². The normalized spacial score (nSPS) is 14.3. The number of aromatic nitrogens is 1. The van der Waals surface area contributed by atoms with Gasteiger partial charge in [-0.15, -0.1) is 0 Å². The number of nitrogens with one attached hydrogen (secondary N) is 1. The molecule has 0 saturated carbocycles. The molecule has 0 aliphatic heterocycles. The average molecular weight is 420 g/mol. The van der Waals surface area contributed by atoms with Gasteiger partial charge in [0.15, 0.2) is 0 Å². The zero-order valence-corrected chi connectivity index (χ0v) is 18.4. The molecule has 0 saturated heterocycles. The number of fused-ring (bicyclic) bond motifs is 1. The molecule has 6 radical (unpaired) electrons. The van der Waals surface area contributed by atoms with Crippen molar-refractivity contribution in [3.63, 3.8) is 0 Å². The molecule has 0 amide bonds. The van der Waals surface area contributed by atoms with E-state index in [4.69, 9.17) is 33.4 Å². The summed E-state index contributed by atoms with van der Waals surface area (Å²) in [6.07, 6.45) is 1.43. The molecule has 0 aliphatic rings. The van der Waals surface area contributed by atoms with E-state index < -0.39 is 22.8 Å². The fourth-order valence-corrected chi connectivity index (χ4v) is 3.96. The fourth-order valence-electron chi connectivity index (χ4n) is 3.96. The largest absolute Gasteiger partial charge is 0.481 e. The van der Waals surface area contributed by atoms with Crippen LogP contribution in [0.2, 0.25) is 0 Å². The minimum atomic E-state index is -2.22. The van der Waals surface area contributed by atoms with Crippen molar-refractivity contribution in [3.05, 3.63) is 30.0 Å². The summed E-state index contributed by atoms with van der Waals surface area (Å²) >= 11 is 0. The number of aromatic amines is 1. The number of aliphatic hydroxyl groups is 1. The van der Waals surface area contributed by atoms with E-state index in [0.29, 0.717) is 10.9 Å². The molecular formula is C21H27B3N2O5. The smallest absolute Gasteiger partial charge is 0.311 e. The molecular weight excluding hydrogens is 393 g/mol. The Hall–Kier alpha value is -2.19. The molecule has 0 aliphatic carbocycles. The van der Waals surface area contributed by atoms with Crippen LogP contribution >= 0.6 is 0 Å². The predicted molar refractivity (Wildman–Crippen MR) is 121 cm³/mol. The summed E-state index contributed by atoms with van der Waals surface area (Å²) in [6, 6.07) is 4.71. The Morgan fingerprint density at radius 2 is 1.74 bits per heavy atom. The fraction of sp³-hybridized carbons (Fsp3) is 0.524.